The van der Waals surface area contributed by atoms with Crippen LogP contribution in [0.15, 0.2) is 18.2 Å². The van der Waals surface area contributed by atoms with Gasteiger partial charge in [0.25, 0.3) is 0 Å². The summed E-state index contributed by atoms with van der Waals surface area (Å²) in [6.07, 6.45) is 1.62. The molecular formula is C18H18ClN3O2S. The lowest BCUT2D eigenvalue weighted by Gasteiger charge is -2.11. The summed E-state index contributed by atoms with van der Waals surface area (Å²) in [4.78, 5) is 13.5. The van der Waals surface area contributed by atoms with Gasteiger partial charge in [-0.15, -0.1) is 11.3 Å². The van der Waals surface area contributed by atoms with E-state index in [2.05, 4.69) is 16.7 Å². The lowest BCUT2D eigenvalue weighted by molar-refractivity contribution is -0.116. The Labute approximate surface area is 155 Å². The number of halogens is 1. The summed E-state index contributed by atoms with van der Waals surface area (Å²) in [5.41, 5.74) is 2.54. The Morgan fingerprint density at radius 1 is 1.52 bits per heavy atom. The number of nitriles is 1. The molecule has 130 valence electrons. The van der Waals surface area contributed by atoms with E-state index >= 15 is 0 Å². The summed E-state index contributed by atoms with van der Waals surface area (Å²) < 4.78 is 5.19. The first-order valence-electron chi connectivity index (χ1n) is 8.00. The largest absolute Gasteiger partial charge is 0.497 e. The number of benzene rings is 1. The van der Waals surface area contributed by atoms with Gasteiger partial charge in [0, 0.05) is 22.9 Å². The van der Waals surface area contributed by atoms with Crippen molar-refractivity contribution < 1.29 is 9.53 Å². The van der Waals surface area contributed by atoms with Crippen molar-refractivity contribution in [3.63, 3.8) is 0 Å². The Morgan fingerprint density at radius 3 is 3.12 bits per heavy atom. The molecule has 0 radical (unpaired) electrons. The highest BCUT2D eigenvalue weighted by molar-refractivity contribution is 7.16. The summed E-state index contributed by atoms with van der Waals surface area (Å²) in [6.45, 7) is 1.62. The fraction of sp³-hybridized carbons (Fsp3) is 0.333. The topological polar surface area (TPSA) is 74.1 Å². The van der Waals surface area contributed by atoms with Gasteiger partial charge < -0.3 is 15.4 Å². The van der Waals surface area contributed by atoms with Gasteiger partial charge in [-0.25, -0.2) is 0 Å². The van der Waals surface area contributed by atoms with Crippen LogP contribution in [0.25, 0.3) is 0 Å². The zero-order valence-electron chi connectivity index (χ0n) is 13.8. The Bertz CT molecular complexity index is 842. The minimum absolute atomic E-state index is 0.123. The number of carbonyl (C=O) groups is 1. The quantitative estimate of drug-likeness (QED) is 0.838. The fourth-order valence-corrected chi connectivity index (χ4v) is 4.24. The summed E-state index contributed by atoms with van der Waals surface area (Å²) in [5, 5.41) is 16.9. The number of aryl methyl sites for hydroxylation is 1. The van der Waals surface area contributed by atoms with Crippen LogP contribution in [-0.2, 0) is 24.2 Å². The van der Waals surface area contributed by atoms with Crippen LogP contribution in [0.5, 0.6) is 5.75 Å². The molecule has 1 amide bonds. The van der Waals surface area contributed by atoms with Gasteiger partial charge in [-0.3, -0.25) is 4.79 Å². The molecule has 0 saturated carbocycles. The van der Waals surface area contributed by atoms with E-state index in [0.29, 0.717) is 34.2 Å². The SMILES string of the molecule is COc1ccc(Cl)c(CCC(=O)Nc2sc3c(c2C#N)CCNC3)c1. The predicted octanol–water partition coefficient (Wildman–Crippen LogP) is 3.50. The minimum Gasteiger partial charge on any atom is -0.497 e. The Morgan fingerprint density at radius 2 is 2.36 bits per heavy atom. The van der Waals surface area contributed by atoms with Crippen LogP contribution in [0.1, 0.15) is 28.0 Å². The molecule has 1 aromatic carbocycles. The first-order chi connectivity index (χ1) is 12.1. The van der Waals surface area contributed by atoms with E-state index in [-0.39, 0.29) is 5.91 Å². The van der Waals surface area contributed by atoms with Crippen LogP contribution in [0.4, 0.5) is 5.00 Å². The van der Waals surface area contributed by atoms with Crippen molar-refractivity contribution in [2.24, 2.45) is 0 Å². The van der Waals surface area contributed by atoms with Crippen molar-refractivity contribution in [3.05, 3.63) is 44.8 Å². The van der Waals surface area contributed by atoms with E-state index in [0.717, 1.165) is 35.5 Å². The third-order valence-electron chi connectivity index (χ3n) is 4.17. The summed E-state index contributed by atoms with van der Waals surface area (Å²) >= 11 is 7.66. The third-order valence-corrected chi connectivity index (χ3v) is 5.68. The summed E-state index contributed by atoms with van der Waals surface area (Å²) in [7, 11) is 1.59. The van der Waals surface area contributed by atoms with Crippen LogP contribution in [0, 0.1) is 11.3 Å². The van der Waals surface area contributed by atoms with Gasteiger partial charge >= 0.3 is 0 Å². The predicted molar refractivity (Wildman–Crippen MR) is 99.4 cm³/mol. The molecular weight excluding hydrogens is 358 g/mol. The number of methoxy groups -OCH3 is 1. The van der Waals surface area contributed by atoms with Crippen LogP contribution in [0.3, 0.4) is 0 Å². The average Bonchev–Trinajstić information content (AvgIpc) is 2.97. The first kappa shape index (κ1) is 17.7. The molecule has 1 aromatic heterocycles. The molecule has 2 N–H and O–H groups in total. The van der Waals surface area contributed by atoms with Gasteiger partial charge in [0.05, 0.1) is 12.7 Å². The number of fused-ring (bicyclic) bond motifs is 1. The third kappa shape index (κ3) is 3.96. The molecule has 1 aliphatic heterocycles. The number of nitrogens with one attached hydrogen (secondary N) is 2. The first-order valence-corrected chi connectivity index (χ1v) is 9.19. The van der Waals surface area contributed by atoms with Crippen LogP contribution in [0.2, 0.25) is 5.02 Å². The molecule has 2 aromatic rings. The smallest absolute Gasteiger partial charge is 0.225 e. The molecule has 0 atom stereocenters. The molecule has 5 nitrogen and oxygen atoms in total. The van der Waals surface area contributed by atoms with E-state index in [9.17, 15) is 10.1 Å². The molecule has 7 heteroatoms. The molecule has 0 unspecified atom stereocenters. The molecule has 0 aliphatic carbocycles. The fourth-order valence-electron chi connectivity index (χ4n) is 2.85. The Hall–Kier alpha value is -2.07. The highest BCUT2D eigenvalue weighted by Crippen LogP contribution is 2.35. The highest BCUT2D eigenvalue weighted by atomic mass is 35.5. The molecule has 0 fully saturated rings. The second-order valence-electron chi connectivity index (χ2n) is 5.75. The number of rotatable bonds is 5. The van der Waals surface area contributed by atoms with E-state index in [1.54, 1.807) is 19.2 Å². The van der Waals surface area contributed by atoms with Gasteiger partial charge in [-0.1, -0.05) is 11.6 Å². The van der Waals surface area contributed by atoms with E-state index in [1.807, 2.05) is 6.07 Å². The van der Waals surface area contributed by atoms with Crippen molar-refractivity contribution in [1.82, 2.24) is 5.32 Å². The number of thiophene rings is 1. The number of hydrogen-bond acceptors (Lipinski definition) is 5. The molecule has 0 saturated heterocycles. The monoisotopic (exact) mass is 375 g/mol. The Balaban J connectivity index is 1.68. The van der Waals surface area contributed by atoms with Crippen molar-refractivity contribution in [3.8, 4) is 11.8 Å². The number of anilines is 1. The number of amides is 1. The standard InChI is InChI=1S/C18H18ClN3O2S/c1-24-12-3-4-15(19)11(8-12)2-5-17(23)22-18-14(9-20)13-6-7-21-10-16(13)25-18/h3-4,8,21H,2,5-7,10H2,1H3,(H,22,23). The maximum atomic E-state index is 12.3. The maximum Gasteiger partial charge on any atom is 0.225 e. The van der Waals surface area contributed by atoms with E-state index in [1.165, 1.54) is 11.3 Å². The van der Waals surface area contributed by atoms with Crippen LogP contribution < -0.4 is 15.4 Å². The lowest BCUT2D eigenvalue weighted by atomic mass is 10.0. The van der Waals surface area contributed by atoms with Gasteiger partial charge in [0.15, 0.2) is 0 Å². The summed E-state index contributed by atoms with van der Waals surface area (Å²) in [6, 6.07) is 7.63. The van der Waals surface area contributed by atoms with Gasteiger partial charge in [-0.2, -0.15) is 5.26 Å². The second kappa shape index (κ2) is 7.87. The van der Waals surface area contributed by atoms with Gasteiger partial charge in [0.1, 0.15) is 16.8 Å². The normalized spacial score (nSPS) is 13.0. The zero-order valence-corrected chi connectivity index (χ0v) is 15.4. The molecule has 1 aliphatic rings. The van der Waals surface area contributed by atoms with Crippen LogP contribution >= 0.6 is 22.9 Å². The second-order valence-corrected chi connectivity index (χ2v) is 7.26. The molecule has 2 heterocycles. The zero-order chi connectivity index (χ0) is 17.8. The van der Waals surface area contributed by atoms with Crippen LogP contribution in [-0.4, -0.2) is 19.6 Å². The lowest BCUT2D eigenvalue weighted by Crippen LogP contribution is -2.22. The maximum absolute atomic E-state index is 12.3. The average molecular weight is 376 g/mol. The van der Waals surface area contributed by atoms with Crippen molar-refractivity contribution in [1.29, 1.82) is 5.26 Å². The highest BCUT2D eigenvalue weighted by Gasteiger charge is 2.21. The van der Waals surface area contributed by atoms with Crippen molar-refractivity contribution in [2.45, 2.75) is 25.8 Å². The van der Waals surface area contributed by atoms with E-state index in [4.69, 9.17) is 16.3 Å². The van der Waals surface area contributed by atoms with E-state index < -0.39 is 0 Å². The molecule has 3 rings (SSSR count). The van der Waals surface area contributed by atoms with Gasteiger partial charge in [0.2, 0.25) is 5.91 Å². The number of hydrogen-bond donors (Lipinski definition) is 2. The number of ether oxygens (including phenoxy) is 1. The molecule has 25 heavy (non-hydrogen) atoms. The number of nitrogens with zero attached hydrogens (tertiary/aromatic N) is 1. The summed E-state index contributed by atoms with van der Waals surface area (Å²) in [5.74, 6) is 0.590. The van der Waals surface area contributed by atoms with Crippen molar-refractivity contribution >= 4 is 33.8 Å². The minimum atomic E-state index is -0.123. The number of carbonyl (C=O) groups excluding carboxylic acids is 1. The molecule has 0 bridgehead atoms. The van der Waals surface area contributed by atoms with Crippen molar-refractivity contribution in [2.75, 3.05) is 19.0 Å². The van der Waals surface area contributed by atoms with Gasteiger partial charge in [-0.05, 0) is 48.7 Å². The molecule has 0 spiro atoms. The Kier molecular flexibility index (Phi) is 5.59.